The fourth-order valence-corrected chi connectivity index (χ4v) is 2.39. The number of likely N-dealkylation sites (tertiary alicyclic amines) is 1. The van der Waals surface area contributed by atoms with Crippen LogP contribution >= 0.6 is 0 Å². The van der Waals surface area contributed by atoms with Crippen molar-refractivity contribution >= 4 is 5.97 Å². The zero-order valence-corrected chi connectivity index (χ0v) is 9.75. The Balaban J connectivity index is 2.00. The molecule has 0 aliphatic carbocycles. The van der Waals surface area contributed by atoms with Crippen LogP contribution in [0.1, 0.15) is 24.4 Å². The summed E-state index contributed by atoms with van der Waals surface area (Å²) in [5.41, 5.74) is 1.33. The van der Waals surface area contributed by atoms with Crippen LogP contribution in [0.15, 0.2) is 42.5 Å². The van der Waals surface area contributed by atoms with Crippen molar-refractivity contribution < 1.29 is 9.90 Å². The lowest BCUT2D eigenvalue weighted by Crippen LogP contribution is -2.23. The van der Waals surface area contributed by atoms with Crippen molar-refractivity contribution in [2.24, 2.45) is 0 Å². The van der Waals surface area contributed by atoms with Crippen LogP contribution in [0.2, 0.25) is 0 Å². The van der Waals surface area contributed by atoms with E-state index in [1.54, 1.807) is 6.08 Å². The molecule has 0 bridgehead atoms. The quantitative estimate of drug-likeness (QED) is 0.809. The van der Waals surface area contributed by atoms with Crippen molar-refractivity contribution in [1.29, 1.82) is 0 Å². The smallest absolute Gasteiger partial charge is 0.328 e. The van der Waals surface area contributed by atoms with E-state index in [-0.39, 0.29) is 0 Å². The lowest BCUT2D eigenvalue weighted by atomic mass is 10.0. The maximum absolute atomic E-state index is 10.4. The van der Waals surface area contributed by atoms with Crippen molar-refractivity contribution in [2.45, 2.75) is 18.9 Å². The van der Waals surface area contributed by atoms with Crippen molar-refractivity contribution in [3.63, 3.8) is 0 Å². The van der Waals surface area contributed by atoms with Crippen LogP contribution in [0.5, 0.6) is 0 Å². The van der Waals surface area contributed by atoms with Gasteiger partial charge in [-0.2, -0.15) is 0 Å². The summed E-state index contributed by atoms with van der Waals surface area (Å²) in [5, 5.41) is 8.57. The van der Waals surface area contributed by atoms with E-state index in [4.69, 9.17) is 5.11 Å². The lowest BCUT2D eigenvalue weighted by molar-refractivity contribution is -0.131. The molecular weight excluding hydrogens is 214 g/mol. The molecule has 1 N–H and O–H groups in total. The molecule has 0 radical (unpaired) electrons. The number of aliphatic carboxylic acids is 1. The molecule has 1 aromatic rings. The normalized spacial score (nSPS) is 21.1. The number of rotatable bonds is 4. The first-order valence-corrected chi connectivity index (χ1v) is 5.96. The summed E-state index contributed by atoms with van der Waals surface area (Å²) < 4.78 is 0. The van der Waals surface area contributed by atoms with E-state index in [0.717, 1.165) is 13.0 Å². The van der Waals surface area contributed by atoms with Crippen molar-refractivity contribution in [3.8, 4) is 0 Å². The zero-order valence-electron chi connectivity index (χ0n) is 9.75. The van der Waals surface area contributed by atoms with Gasteiger partial charge in [-0.25, -0.2) is 4.79 Å². The second-order valence-electron chi connectivity index (χ2n) is 4.30. The Kier molecular flexibility index (Phi) is 3.94. The minimum absolute atomic E-state index is 0.439. The minimum atomic E-state index is -0.875. The SMILES string of the molecule is O=C(O)/C=C/CN1CCCC1c1ccccc1. The van der Waals surface area contributed by atoms with E-state index in [9.17, 15) is 4.79 Å². The first-order valence-electron chi connectivity index (χ1n) is 5.96. The van der Waals surface area contributed by atoms with E-state index < -0.39 is 5.97 Å². The highest BCUT2D eigenvalue weighted by Crippen LogP contribution is 2.31. The van der Waals surface area contributed by atoms with Gasteiger partial charge < -0.3 is 5.11 Å². The van der Waals surface area contributed by atoms with Gasteiger partial charge in [0.15, 0.2) is 0 Å². The van der Waals surface area contributed by atoms with Gasteiger partial charge in [0, 0.05) is 18.7 Å². The summed E-state index contributed by atoms with van der Waals surface area (Å²) in [4.78, 5) is 12.7. The van der Waals surface area contributed by atoms with Crippen LogP contribution in [0.4, 0.5) is 0 Å². The number of benzene rings is 1. The van der Waals surface area contributed by atoms with Gasteiger partial charge in [-0.3, -0.25) is 4.90 Å². The number of carboxylic acids is 1. The topological polar surface area (TPSA) is 40.5 Å². The fraction of sp³-hybridized carbons (Fsp3) is 0.357. The van der Waals surface area contributed by atoms with Crippen LogP contribution < -0.4 is 0 Å². The monoisotopic (exact) mass is 231 g/mol. The highest BCUT2D eigenvalue weighted by atomic mass is 16.4. The summed E-state index contributed by atoms with van der Waals surface area (Å²) in [6, 6.07) is 10.9. The molecule has 1 heterocycles. The summed E-state index contributed by atoms with van der Waals surface area (Å²) >= 11 is 0. The zero-order chi connectivity index (χ0) is 12.1. The number of hydrogen-bond acceptors (Lipinski definition) is 2. The largest absolute Gasteiger partial charge is 0.478 e. The number of carbonyl (C=O) groups is 1. The number of carboxylic acid groups (broad SMARTS) is 1. The molecule has 1 unspecified atom stereocenters. The molecule has 1 aliphatic rings. The third-order valence-corrected chi connectivity index (χ3v) is 3.15. The molecule has 0 spiro atoms. The average Bonchev–Trinajstić information content (AvgIpc) is 2.78. The van der Waals surface area contributed by atoms with Crippen molar-refractivity contribution in [1.82, 2.24) is 4.90 Å². The van der Waals surface area contributed by atoms with Gasteiger partial charge >= 0.3 is 5.97 Å². The first kappa shape index (κ1) is 11.9. The molecule has 3 nitrogen and oxygen atoms in total. The Morgan fingerprint density at radius 1 is 1.41 bits per heavy atom. The Labute approximate surface area is 101 Å². The molecule has 1 aliphatic heterocycles. The van der Waals surface area contributed by atoms with Gasteiger partial charge in [0.2, 0.25) is 0 Å². The molecule has 17 heavy (non-hydrogen) atoms. The number of nitrogens with zero attached hydrogens (tertiary/aromatic N) is 1. The van der Waals surface area contributed by atoms with E-state index in [1.807, 2.05) is 6.07 Å². The van der Waals surface area contributed by atoms with Gasteiger partial charge in [-0.15, -0.1) is 0 Å². The van der Waals surface area contributed by atoms with Gasteiger partial charge in [0.1, 0.15) is 0 Å². The summed E-state index contributed by atoms with van der Waals surface area (Å²) in [7, 11) is 0. The molecular formula is C14H17NO2. The van der Waals surface area contributed by atoms with Gasteiger partial charge in [-0.05, 0) is 24.9 Å². The minimum Gasteiger partial charge on any atom is -0.478 e. The van der Waals surface area contributed by atoms with Crippen LogP contribution in [-0.2, 0) is 4.79 Å². The van der Waals surface area contributed by atoms with Crippen LogP contribution in [0, 0.1) is 0 Å². The summed E-state index contributed by atoms with van der Waals surface area (Å²) in [6.45, 7) is 1.76. The van der Waals surface area contributed by atoms with E-state index in [1.165, 1.54) is 18.1 Å². The molecule has 0 amide bonds. The lowest BCUT2D eigenvalue weighted by Gasteiger charge is -2.23. The molecule has 90 valence electrons. The third-order valence-electron chi connectivity index (χ3n) is 3.15. The van der Waals surface area contributed by atoms with E-state index in [2.05, 4.69) is 29.2 Å². The fourth-order valence-electron chi connectivity index (χ4n) is 2.39. The van der Waals surface area contributed by atoms with Crippen molar-refractivity contribution in [3.05, 3.63) is 48.0 Å². The van der Waals surface area contributed by atoms with Crippen LogP contribution in [0.25, 0.3) is 0 Å². The van der Waals surface area contributed by atoms with E-state index >= 15 is 0 Å². The predicted octanol–water partition coefficient (Wildman–Crippen LogP) is 2.46. The maximum Gasteiger partial charge on any atom is 0.328 e. The highest BCUT2D eigenvalue weighted by molar-refractivity contribution is 5.79. The Morgan fingerprint density at radius 2 is 2.18 bits per heavy atom. The van der Waals surface area contributed by atoms with Crippen LogP contribution in [-0.4, -0.2) is 29.1 Å². The second kappa shape index (κ2) is 5.64. The predicted molar refractivity (Wildman–Crippen MR) is 66.8 cm³/mol. The number of hydrogen-bond donors (Lipinski definition) is 1. The van der Waals surface area contributed by atoms with Gasteiger partial charge in [0.25, 0.3) is 0 Å². The maximum atomic E-state index is 10.4. The average molecular weight is 231 g/mol. The van der Waals surface area contributed by atoms with Gasteiger partial charge in [-0.1, -0.05) is 36.4 Å². The Bertz CT molecular complexity index is 400. The first-order chi connectivity index (χ1) is 8.27. The molecule has 1 aromatic carbocycles. The standard InChI is InChI=1S/C14H17NO2/c16-14(17)9-5-11-15-10-4-8-13(15)12-6-2-1-3-7-12/h1-3,5-7,9,13H,4,8,10-11H2,(H,16,17)/b9-5+. The van der Waals surface area contributed by atoms with E-state index in [0.29, 0.717) is 12.6 Å². The van der Waals surface area contributed by atoms with Gasteiger partial charge in [0.05, 0.1) is 0 Å². The summed E-state index contributed by atoms with van der Waals surface area (Å²) in [5.74, 6) is -0.875. The van der Waals surface area contributed by atoms with Crippen LogP contribution in [0.3, 0.4) is 0 Å². The Hall–Kier alpha value is -1.61. The second-order valence-corrected chi connectivity index (χ2v) is 4.30. The molecule has 1 saturated heterocycles. The summed E-state index contributed by atoms with van der Waals surface area (Å²) in [6.07, 6.45) is 5.29. The Morgan fingerprint density at radius 3 is 2.88 bits per heavy atom. The molecule has 3 heteroatoms. The highest BCUT2D eigenvalue weighted by Gasteiger charge is 2.24. The third kappa shape index (κ3) is 3.17. The molecule has 1 atom stereocenters. The molecule has 0 aromatic heterocycles. The molecule has 2 rings (SSSR count). The van der Waals surface area contributed by atoms with Crippen molar-refractivity contribution in [2.75, 3.05) is 13.1 Å². The molecule has 1 fully saturated rings. The molecule has 0 saturated carbocycles.